The summed E-state index contributed by atoms with van der Waals surface area (Å²) in [7, 11) is 0. The second-order valence-corrected chi connectivity index (χ2v) is 6.86. The maximum atomic E-state index is 13.0. The second-order valence-electron chi connectivity index (χ2n) is 6.86. The minimum absolute atomic E-state index is 0.0781. The summed E-state index contributed by atoms with van der Waals surface area (Å²) in [5.41, 5.74) is 3.91. The summed E-state index contributed by atoms with van der Waals surface area (Å²) in [6.07, 6.45) is 3.33. The molecule has 29 heavy (non-hydrogen) atoms. The van der Waals surface area contributed by atoms with Crippen LogP contribution in [-0.2, 0) is 0 Å². The summed E-state index contributed by atoms with van der Waals surface area (Å²) in [6.45, 7) is 0. The fourth-order valence-corrected chi connectivity index (χ4v) is 3.59. The highest BCUT2D eigenvalue weighted by atomic mass is 16.2. The van der Waals surface area contributed by atoms with Gasteiger partial charge in [-0.05, 0) is 35.9 Å². The highest BCUT2D eigenvalue weighted by Crippen LogP contribution is 2.32. The molecule has 5 nitrogen and oxygen atoms in total. The van der Waals surface area contributed by atoms with Gasteiger partial charge in [-0.1, -0.05) is 42.5 Å². The van der Waals surface area contributed by atoms with E-state index in [2.05, 4.69) is 15.3 Å². The van der Waals surface area contributed by atoms with E-state index in [0.29, 0.717) is 16.6 Å². The van der Waals surface area contributed by atoms with E-state index in [0.717, 1.165) is 22.0 Å². The third-order valence-electron chi connectivity index (χ3n) is 5.06. The first-order valence-corrected chi connectivity index (χ1v) is 9.29. The van der Waals surface area contributed by atoms with Gasteiger partial charge in [0.05, 0.1) is 5.69 Å². The Kier molecular flexibility index (Phi) is 3.99. The molecule has 0 aliphatic rings. The number of carbonyl (C=O) groups excluding carboxylic acids is 1. The van der Waals surface area contributed by atoms with E-state index in [-0.39, 0.29) is 11.0 Å². The van der Waals surface area contributed by atoms with Crippen LogP contribution >= 0.6 is 0 Å². The molecular weight excluding hydrogens is 362 g/mol. The average Bonchev–Trinajstić information content (AvgIpc) is 3.21. The zero-order chi connectivity index (χ0) is 19.8. The highest BCUT2D eigenvalue weighted by Gasteiger charge is 2.16. The lowest BCUT2D eigenvalue weighted by molar-refractivity contribution is 0.102. The first-order chi connectivity index (χ1) is 14.2. The zero-order valence-electron chi connectivity index (χ0n) is 15.4. The summed E-state index contributed by atoms with van der Waals surface area (Å²) >= 11 is 0. The lowest BCUT2D eigenvalue weighted by Gasteiger charge is -2.12. The van der Waals surface area contributed by atoms with Crippen LogP contribution < -0.4 is 10.7 Å². The van der Waals surface area contributed by atoms with Gasteiger partial charge < -0.3 is 15.3 Å². The second kappa shape index (κ2) is 6.80. The molecule has 0 unspecified atom stereocenters. The standard InChI is InChI=1S/C24H17N3O2/c28-23-17-8-4-5-9-20(17)26-14-19(23)24(29)27-22-13-21-16(10-11-25-21)12-18(22)15-6-2-1-3-7-15/h1-14,25H,(H,26,28)(H,27,29). The van der Waals surface area contributed by atoms with Gasteiger partial charge in [0.25, 0.3) is 5.91 Å². The average molecular weight is 379 g/mol. The molecule has 5 aromatic rings. The normalized spacial score (nSPS) is 11.0. The van der Waals surface area contributed by atoms with Crippen LogP contribution in [0.3, 0.4) is 0 Å². The number of hydrogen-bond donors (Lipinski definition) is 3. The minimum Gasteiger partial charge on any atom is -0.361 e. The number of carbonyl (C=O) groups is 1. The predicted molar refractivity (Wildman–Crippen MR) is 116 cm³/mol. The summed E-state index contributed by atoms with van der Waals surface area (Å²) < 4.78 is 0. The number of pyridine rings is 1. The van der Waals surface area contributed by atoms with Crippen LogP contribution in [0.5, 0.6) is 0 Å². The van der Waals surface area contributed by atoms with Gasteiger partial charge in [0, 0.05) is 39.8 Å². The topological polar surface area (TPSA) is 77.8 Å². The summed E-state index contributed by atoms with van der Waals surface area (Å²) in [5, 5.41) is 4.47. The number of nitrogens with one attached hydrogen (secondary N) is 3. The molecule has 2 heterocycles. The van der Waals surface area contributed by atoms with Crippen molar-refractivity contribution in [1.82, 2.24) is 9.97 Å². The Balaban J connectivity index is 1.61. The van der Waals surface area contributed by atoms with Crippen molar-refractivity contribution in [2.45, 2.75) is 0 Å². The number of amides is 1. The van der Waals surface area contributed by atoms with Gasteiger partial charge in [0.1, 0.15) is 5.56 Å². The van der Waals surface area contributed by atoms with Crippen molar-refractivity contribution >= 4 is 33.4 Å². The summed E-state index contributed by atoms with van der Waals surface area (Å²) in [4.78, 5) is 32.0. The quantitative estimate of drug-likeness (QED) is 0.416. The number of para-hydroxylation sites is 1. The molecule has 0 fully saturated rings. The molecule has 0 saturated heterocycles. The van der Waals surface area contributed by atoms with Crippen LogP contribution in [0.1, 0.15) is 10.4 Å². The fraction of sp³-hybridized carbons (Fsp3) is 0. The third kappa shape index (κ3) is 2.99. The van der Waals surface area contributed by atoms with Crippen molar-refractivity contribution in [2.24, 2.45) is 0 Å². The largest absolute Gasteiger partial charge is 0.361 e. The van der Waals surface area contributed by atoms with Gasteiger partial charge in [-0.2, -0.15) is 0 Å². The van der Waals surface area contributed by atoms with Crippen molar-refractivity contribution in [3.05, 3.63) is 101 Å². The lowest BCUT2D eigenvalue weighted by atomic mass is 10.0. The van der Waals surface area contributed by atoms with Crippen LogP contribution in [0, 0.1) is 0 Å². The highest BCUT2D eigenvalue weighted by molar-refractivity contribution is 6.09. The fourth-order valence-electron chi connectivity index (χ4n) is 3.59. The molecule has 0 atom stereocenters. The van der Waals surface area contributed by atoms with E-state index in [1.54, 1.807) is 12.1 Å². The number of rotatable bonds is 3. The number of fused-ring (bicyclic) bond motifs is 2. The number of benzene rings is 3. The van der Waals surface area contributed by atoms with Crippen molar-refractivity contribution in [3.8, 4) is 11.1 Å². The molecule has 2 aromatic heterocycles. The molecule has 0 aliphatic carbocycles. The molecule has 0 aliphatic heterocycles. The van der Waals surface area contributed by atoms with Crippen molar-refractivity contribution < 1.29 is 4.79 Å². The van der Waals surface area contributed by atoms with Gasteiger partial charge in [0.2, 0.25) is 5.43 Å². The molecule has 0 bridgehead atoms. The third-order valence-corrected chi connectivity index (χ3v) is 5.06. The van der Waals surface area contributed by atoms with Crippen molar-refractivity contribution in [2.75, 3.05) is 5.32 Å². The van der Waals surface area contributed by atoms with Gasteiger partial charge >= 0.3 is 0 Å². The summed E-state index contributed by atoms with van der Waals surface area (Å²) in [5.74, 6) is -0.444. The molecule has 0 saturated carbocycles. The number of anilines is 1. The molecule has 0 radical (unpaired) electrons. The molecular formula is C24H17N3O2. The number of aromatic amines is 2. The predicted octanol–water partition coefficient (Wildman–Crippen LogP) is 4.93. The van der Waals surface area contributed by atoms with Gasteiger partial charge in [-0.25, -0.2) is 0 Å². The Morgan fingerprint density at radius 2 is 1.62 bits per heavy atom. The van der Waals surface area contributed by atoms with Gasteiger partial charge in [-0.15, -0.1) is 0 Å². The Hall–Kier alpha value is -4.12. The first-order valence-electron chi connectivity index (χ1n) is 9.29. The Morgan fingerprint density at radius 3 is 2.48 bits per heavy atom. The van der Waals surface area contributed by atoms with Crippen LogP contribution in [0.4, 0.5) is 5.69 Å². The molecule has 5 rings (SSSR count). The lowest BCUT2D eigenvalue weighted by Crippen LogP contribution is -2.22. The van der Waals surface area contributed by atoms with Gasteiger partial charge in [0.15, 0.2) is 0 Å². The van der Waals surface area contributed by atoms with E-state index < -0.39 is 5.91 Å². The number of aromatic nitrogens is 2. The first kappa shape index (κ1) is 17.0. The Bertz CT molecular complexity index is 1410. The van der Waals surface area contributed by atoms with E-state index in [1.165, 1.54) is 6.20 Å². The Labute approximate surface area is 166 Å². The molecule has 140 valence electrons. The van der Waals surface area contributed by atoms with E-state index in [4.69, 9.17) is 0 Å². The minimum atomic E-state index is -0.444. The van der Waals surface area contributed by atoms with Crippen molar-refractivity contribution in [3.63, 3.8) is 0 Å². The maximum Gasteiger partial charge on any atom is 0.261 e. The van der Waals surface area contributed by atoms with E-state index in [9.17, 15) is 9.59 Å². The van der Waals surface area contributed by atoms with Crippen LogP contribution in [0.2, 0.25) is 0 Å². The summed E-state index contributed by atoms with van der Waals surface area (Å²) in [6, 6.07) is 22.9. The number of H-pyrrole nitrogens is 2. The molecule has 3 N–H and O–H groups in total. The molecule has 0 spiro atoms. The molecule has 5 heteroatoms. The monoisotopic (exact) mass is 379 g/mol. The number of hydrogen-bond acceptors (Lipinski definition) is 2. The SMILES string of the molecule is O=C(Nc1cc2[nH]ccc2cc1-c1ccccc1)c1c[nH]c2ccccc2c1=O. The van der Waals surface area contributed by atoms with Crippen LogP contribution in [0.15, 0.2) is 90.0 Å². The van der Waals surface area contributed by atoms with E-state index >= 15 is 0 Å². The zero-order valence-corrected chi connectivity index (χ0v) is 15.4. The van der Waals surface area contributed by atoms with Gasteiger partial charge in [-0.3, -0.25) is 9.59 Å². The molecule has 1 amide bonds. The Morgan fingerprint density at radius 1 is 0.828 bits per heavy atom. The van der Waals surface area contributed by atoms with Crippen molar-refractivity contribution in [1.29, 1.82) is 0 Å². The van der Waals surface area contributed by atoms with Crippen LogP contribution in [0.25, 0.3) is 32.9 Å². The van der Waals surface area contributed by atoms with E-state index in [1.807, 2.05) is 66.9 Å². The van der Waals surface area contributed by atoms with Crippen LogP contribution in [-0.4, -0.2) is 15.9 Å². The smallest absolute Gasteiger partial charge is 0.261 e. The maximum absolute atomic E-state index is 13.0. The molecule has 3 aromatic carbocycles.